The number of amides is 1. The van der Waals surface area contributed by atoms with Gasteiger partial charge >= 0.3 is 0 Å². The third-order valence-electron chi connectivity index (χ3n) is 5.80. The van der Waals surface area contributed by atoms with Gasteiger partial charge in [0.15, 0.2) is 0 Å². The first-order chi connectivity index (χ1) is 15.2. The molecule has 0 spiro atoms. The molecule has 2 aromatic carbocycles. The van der Waals surface area contributed by atoms with Crippen molar-refractivity contribution in [3.05, 3.63) is 101 Å². The molecule has 2 N–H and O–H groups in total. The van der Waals surface area contributed by atoms with Crippen molar-refractivity contribution in [3.8, 4) is 17.0 Å². The highest BCUT2D eigenvalue weighted by atomic mass is 16.3. The third kappa shape index (κ3) is 3.26. The molecule has 5 rings (SSSR count). The van der Waals surface area contributed by atoms with Crippen molar-refractivity contribution in [2.75, 3.05) is 0 Å². The van der Waals surface area contributed by atoms with E-state index in [9.17, 15) is 9.90 Å². The van der Waals surface area contributed by atoms with Gasteiger partial charge in [-0.15, -0.1) is 0 Å². The summed E-state index contributed by atoms with van der Waals surface area (Å²) < 4.78 is 0. The molecular formula is C25H22N4O2. The first-order valence-corrected chi connectivity index (χ1v) is 10.3. The van der Waals surface area contributed by atoms with Crippen LogP contribution in [0.3, 0.4) is 0 Å². The standard InChI is InChI=1S/C25H22N4O2/c1-2-16-9-11-18(12-10-16)24-21-22(19-7-3-4-8-20(19)30)27-28-23(21)25(31)29(24)15-17-6-5-13-26-14-17/h3-14,24,30H,2,15H2,1H3,(H,27,28). The van der Waals surface area contributed by atoms with Crippen LogP contribution >= 0.6 is 0 Å². The summed E-state index contributed by atoms with van der Waals surface area (Å²) >= 11 is 0. The molecule has 0 saturated heterocycles. The number of phenols is 1. The summed E-state index contributed by atoms with van der Waals surface area (Å²) in [7, 11) is 0. The predicted octanol–water partition coefficient (Wildman–Crippen LogP) is 4.49. The zero-order valence-corrected chi connectivity index (χ0v) is 17.1. The van der Waals surface area contributed by atoms with E-state index in [2.05, 4.69) is 46.4 Å². The van der Waals surface area contributed by atoms with Crippen LogP contribution in [-0.2, 0) is 13.0 Å². The van der Waals surface area contributed by atoms with Crippen LogP contribution < -0.4 is 0 Å². The van der Waals surface area contributed by atoms with Gasteiger partial charge in [-0.2, -0.15) is 5.10 Å². The monoisotopic (exact) mass is 410 g/mol. The molecule has 31 heavy (non-hydrogen) atoms. The van der Waals surface area contributed by atoms with E-state index in [-0.39, 0.29) is 17.7 Å². The van der Waals surface area contributed by atoms with Crippen LogP contribution in [-0.4, -0.2) is 31.1 Å². The molecule has 0 fully saturated rings. The number of carbonyl (C=O) groups is 1. The highest BCUT2D eigenvalue weighted by Crippen LogP contribution is 2.44. The molecule has 1 aliphatic rings. The molecule has 0 aliphatic carbocycles. The molecule has 0 radical (unpaired) electrons. The summed E-state index contributed by atoms with van der Waals surface area (Å²) in [6, 6.07) is 18.9. The van der Waals surface area contributed by atoms with Crippen LogP contribution in [0.2, 0.25) is 0 Å². The van der Waals surface area contributed by atoms with E-state index in [1.165, 1.54) is 5.56 Å². The number of nitrogens with one attached hydrogen (secondary N) is 1. The van der Waals surface area contributed by atoms with E-state index in [1.54, 1.807) is 24.5 Å². The van der Waals surface area contributed by atoms with Crippen LogP contribution in [0, 0.1) is 0 Å². The van der Waals surface area contributed by atoms with Gasteiger partial charge < -0.3 is 10.0 Å². The number of aromatic hydroxyl groups is 1. The summed E-state index contributed by atoms with van der Waals surface area (Å²) in [4.78, 5) is 19.4. The van der Waals surface area contributed by atoms with Gasteiger partial charge in [-0.1, -0.05) is 49.4 Å². The minimum Gasteiger partial charge on any atom is -0.507 e. The van der Waals surface area contributed by atoms with Crippen molar-refractivity contribution in [1.29, 1.82) is 0 Å². The Hall–Kier alpha value is -3.93. The molecule has 1 amide bonds. The maximum absolute atomic E-state index is 13.4. The number of aromatic amines is 1. The van der Waals surface area contributed by atoms with Crippen molar-refractivity contribution in [2.45, 2.75) is 25.9 Å². The number of aryl methyl sites for hydroxylation is 1. The number of H-pyrrole nitrogens is 1. The van der Waals surface area contributed by atoms with Crippen LogP contribution in [0.5, 0.6) is 5.75 Å². The van der Waals surface area contributed by atoms with Crippen molar-refractivity contribution in [3.63, 3.8) is 0 Å². The molecule has 1 atom stereocenters. The molecule has 3 heterocycles. The minimum absolute atomic E-state index is 0.113. The van der Waals surface area contributed by atoms with E-state index in [4.69, 9.17) is 0 Å². The second-order valence-corrected chi connectivity index (χ2v) is 7.67. The van der Waals surface area contributed by atoms with E-state index >= 15 is 0 Å². The molecule has 0 saturated carbocycles. The van der Waals surface area contributed by atoms with Crippen LogP contribution in [0.15, 0.2) is 73.1 Å². The summed E-state index contributed by atoms with van der Waals surface area (Å²) in [6.07, 6.45) is 4.45. The van der Waals surface area contributed by atoms with E-state index in [1.807, 2.05) is 29.2 Å². The Bertz CT molecular complexity index is 1230. The fourth-order valence-corrected chi connectivity index (χ4v) is 4.21. The van der Waals surface area contributed by atoms with Crippen LogP contribution in [0.4, 0.5) is 0 Å². The number of nitrogens with zero attached hydrogens (tertiary/aromatic N) is 3. The number of rotatable bonds is 5. The van der Waals surface area contributed by atoms with Gasteiger partial charge in [-0.25, -0.2) is 0 Å². The quantitative estimate of drug-likeness (QED) is 0.508. The average molecular weight is 410 g/mol. The SMILES string of the molecule is CCc1ccc(C2c3c(-c4ccccc4O)n[nH]c3C(=O)N2Cc2cccnc2)cc1. The number of hydrogen-bond donors (Lipinski definition) is 2. The second kappa shape index (κ2) is 7.72. The normalized spacial score (nSPS) is 15.3. The Morgan fingerprint density at radius 2 is 1.84 bits per heavy atom. The number of pyridine rings is 1. The summed E-state index contributed by atoms with van der Waals surface area (Å²) in [6.45, 7) is 2.54. The largest absolute Gasteiger partial charge is 0.507 e. The van der Waals surface area contributed by atoms with Gasteiger partial charge in [0.2, 0.25) is 0 Å². The number of carbonyl (C=O) groups excluding carboxylic acids is 1. The highest BCUT2D eigenvalue weighted by Gasteiger charge is 2.42. The van der Waals surface area contributed by atoms with Crippen molar-refractivity contribution in [2.24, 2.45) is 0 Å². The van der Waals surface area contributed by atoms with Crippen molar-refractivity contribution < 1.29 is 9.90 Å². The van der Waals surface area contributed by atoms with Gasteiger partial charge in [-0.3, -0.25) is 14.9 Å². The molecule has 1 aliphatic heterocycles. The van der Waals surface area contributed by atoms with Crippen LogP contribution in [0.25, 0.3) is 11.3 Å². The molecular weight excluding hydrogens is 388 g/mol. The Balaban J connectivity index is 1.66. The lowest BCUT2D eigenvalue weighted by atomic mass is 9.94. The van der Waals surface area contributed by atoms with Crippen molar-refractivity contribution >= 4 is 5.91 Å². The molecule has 4 aromatic rings. The van der Waals surface area contributed by atoms with E-state index in [0.717, 1.165) is 23.1 Å². The van der Waals surface area contributed by atoms with Gasteiger partial charge in [0.05, 0.1) is 6.04 Å². The maximum Gasteiger partial charge on any atom is 0.273 e. The van der Waals surface area contributed by atoms with E-state index in [0.29, 0.717) is 23.5 Å². The first kappa shape index (κ1) is 19.1. The molecule has 0 bridgehead atoms. The molecule has 1 unspecified atom stereocenters. The molecule has 6 heteroatoms. The number of fused-ring (bicyclic) bond motifs is 1. The van der Waals surface area contributed by atoms with Gasteiger partial charge in [0, 0.05) is 30.1 Å². The average Bonchev–Trinajstić information content (AvgIpc) is 3.34. The van der Waals surface area contributed by atoms with E-state index < -0.39 is 0 Å². The minimum atomic E-state index is -0.318. The Kier molecular flexibility index (Phi) is 4.75. The fraction of sp³-hybridized carbons (Fsp3) is 0.160. The molecule has 6 nitrogen and oxygen atoms in total. The number of para-hydroxylation sites is 1. The lowest BCUT2D eigenvalue weighted by Gasteiger charge is -2.26. The van der Waals surface area contributed by atoms with Crippen LogP contribution in [0.1, 0.15) is 45.7 Å². The number of phenolic OH excluding ortho intramolecular Hbond substituents is 1. The molecule has 154 valence electrons. The Morgan fingerprint density at radius 3 is 2.55 bits per heavy atom. The smallest absolute Gasteiger partial charge is 0.273 e. The second-order valence-electron chi connectivity index (χ2n) is 7.67. The van der Waals surface area contributed by atoms with Gasteiger partial charge in [-0.05, 0) is 41.3 Å². The van der Waals surface area contributed by atoms with Gasteiger partial charge in [0.25, 0.3) is 5.91 Å². The predicted molar refractivity (Wildman–Crippen MR) is 117 cm³/mol. The Labute approximate surface area is 180 Å². The lowest BCUT2D eigenvalue weighted by molar-refractivity contribution is 0.0730. The number of aromatic nitrogens is 3. The number of benzene rings is 2. The highest BCUT2D eigenvalue weighted by molar-refractivity contribution is 6.00. The fourth-order valence-electron chi connectivity index (χ4n) is 4.21. The van der Waals surface area contributed by atoms with Crippen molar-refractivity contribution in [1.82, 2.24) is 20.1 Å². The summed E-state index contributed by atoms with van der Waals surface area (Å²) in [5.41, 5.74) is 5.65. The zero-order chi connectivity index (χ0) is 21.4. The number of hydrogen-bond acceptors (Lipinski definition) is 4. The lowest BCUT2D eigenvalue weighted by Crippen LogP contribution is -2.29. The maximum atomic E-state index is 13.4. The summed E-state index contributed by atoms with van der Waals surface area (Å²) in [5.74, 6) is 0.0210. The summed E-state index contributed by atoms with van der Waals surface area (Å²) in [5, 5.41) is 17.8. The Morgan fingerprint density at radius 1 is 1.03 bits per heavy atom. The van der Waals surface area contributed by atoms with Gasteiger partial charge in [0.1, 0.15) is 17.1 Å². The zero-order valence-electron chi connectivity index (χ0n) is 17.1. The first-order valence-electron chi connectivity index (χ1n) is 10.3. The molecule has 2 aromatic heterocycles. The topological polar surface area (TPSA) is 82.1 Å². The third-order valence-corrected chi connectivity index (χ3v) is 5.80.